The molecule has 198 valence electrons. The number of aromatic nitrogens is 1. The van der Waals surface area contributed by atoms with Gasteiger partial charge in [-0.3, -0.25) is 9.59 Å². The summed E-state index contributed by atoms with van der Waals surface area (Å²) in [7, 11) is 0. The minimum absolute atomic E-state index is 0.103. The highest BCUT2D eigenvalue weighted by Gasteiger charge is 2.50. The fourth-order valence-corrected chi connectivity index (χ4v) is 5.42. The number of aliphatic hydroxyl groups is 2. The second-order valence-electron chi connectivity index (χ2n) is 9.65. The molecule has 0 unspecified atom stereocenters. The first-order chi connectivity index (χ1) is 18.5. The quantitative estimate of drug-likeness (QED) is 0.327. The summed E-state index contributed by atoms with van der Waals surface area (Å²) < 4.78 is 6.17. The van der Waals surface area contributed by atoms with Gasteiger partial charge in [-0.2, -0.15) is 0 Å². The van der Waals surface area contributed by atoms with Crippen LogP contribution in [0.2, 0.25) is 0 Å². The van der Waals surface area contributed by atoms with Crippen molar-refractivity contribution in [3.63, 3.8) is 0 Å². The Hall–Kier alpha value is -3.88. The van der Waals surface area contributed by atoms with E-state index in [0.717, 1.165) is 22.2 Å². The van der Waals surface area contributed by atoms with Crippen LogP contribution in [0.4, 0.5) is 0 Å². The zero-order valence-electron chi connectivity index (χ0n) is 21.3. The van der Waals surface area contributed by atoms with Crippen LogP contribution in [0.1, 0.15) is 30.5 Å². The topological polar surface area (TPSA) is 115 Å². The summed E-state index contributed by atoms with van der Waals surface area (Å²) in [4.78, 5) is 31.7. The van der Waals surface area contributed by atoms with Gasteiger partial charge in [-0.05, 0) is 42.2 Å². The molecule has 1 aliphatic carbocycles. The number of para-hydroxylation sites is 2. The number of hydrogen-bond donors (Lipinski definition) is 4. The van der Waals surface area contributed by atoms with E-state index >= 15 is 0 Å². The van der Waals surface area contributed by atoms with Gasteiger partial charge in [0.2, 0.25) is 11.8 Å². The van der Waals surface area contributed by atoms with Crippen LogP contribution >= 0.6 is 0 Å². The number of ether oxygens (including phenoxy) is 1. The molecule has 4 N–H and O–H groups in total. The van der Waals surface area contributed by atoms with Gasteiger partial charge in [0.1, 0.15) is 18.0 Å². The lowest BCUT2D eigenvalue weighted by atomic mass is 9.77. The number of nitrogens with zero attached hydrogens (tertiary/aromatic N) is 1. The van der Waals surface area contributed by atoms with E-state index in [9.17, 15) is 19.8 Å². The number of aliphatic hydroxyl groups excluding tert-OH is 2. The first-order valence-electron chi connectivity index (χ1n) is 13.1. The molecule has 0 radical (unpaired) electrons. The van der Waals surface area contributed by atoms with Gasteiger partial charge in [0, 0.05) is 41.9 Å². The predicted molar refractivity (Wildman–Crippen MR) is 145 cm³/mol. The molecule has 2 aliphatic rings. The highest BCUT2D eigenvalue weighted by atomic mass is 16.5. The number of amides is 2. The maximum Gasteiger partial charge on any atom is 0.247 e. The summed E-state index contributed by atoms with van der Waals surface area (Å²) in [5, 5.41) is 24.7. The standard InChI is InChI=1S/C30H33N3O5/c1-2-3-12-26(35)33(15-13-20-17-19-8-4-6-10-23(19)32-20)24-18-22(30(37)31-14-16-34)27-21-9-5-7-11-25(21)38-29(27)28(24)36/h3-12,17-18,24,27-29,32,34,36H,2,13-16H2,1H3,(H,31,37)/t24-,27+,28+,29+/m1/s1. The average molecular weight is 516 g/mol. The van der Waals surface area contributed by atoms with Gasteiger partial charge < -0.3 is 30.2 Å². The van der Waals surface area contributed by atoms with Crippen molar-refractivity contribution in [2.45, 2.75) is 43.9 Å². The number of aromatic amines is 1. The monoisotopic (exact) mass is 515 g/mol. The van der Waals surface area contributed by atoms with E-state index in [4.69, 9.17) is 4.74 Å². The van der Waals surface area contributed by atoms with Gasteiger partial charge in [0.25, 0.3) is 0 Å². The molecule has 0 saturated heterocycles. The summed E-state index contributed by atoms with van der Waals surface area (Å²) >= 11 is 0. The van der Waals surface area contributed by atoms with E-state index in [2.05, 4.69) is 16.4 Å². The molecule has 38 heavy (non-hydrogen) atoms. The van der Waals surface area contributed by atoms with Crippen LogP contribution in [-0.2, 0) is 16.0 Å². The number of fused-ring (bicyclic) bond motifs is 4. The van der Waals surface area contributed by atoms with E-state index in [1.165, 1.54) is 6.08 Å². The summed E-state index contributed by atoms with van der Waals surface area (Å²) in [5.41, 5.74) is 3.24. The number of carbonyl (C=O) groups is 2. The number of benzene rings is 2. The molecule has 0 fully saturated rings. The molecule has 3 aromatic rings. The van der Waals surface area contributed by atoms with Gasteiger partial charge in [0.15, 0.2) is 0 Å². The Morgan fingerprint density at radius 1 is 1.16 bits per heavy atom. The van der Waals surface area contributed by atoms with Crippen LogP contribution < -0.4 is 10.1 Å². The van der Waals surface area contributed by atoms with Gasteiger partial charge in [-0.25, -0.2) is 0 Å². The molecule has 2 amide bonds. The molecule has 2 aromatic carbocycles. The van der Waals surface area contributed by atoms with Crippen molar-refractivity contribution in [2.75, 3.05) is 19.7 Å². The second kappa shape index (κ2) is 11.2. The zero-order chi connectivity index (χ0) is 26.6. The van der Waals surface area contributed by atoms with Crippen molar-refractivity contribution in [1.82, 2.24) is 15.2 Å². The highest BCUT2D eigenvalue weighted by molar-refractivity contribution is 5.96. The number of H-pyrrole nitrogens is 1. The summed E-state index contributed by atoms with van der Waals surface area (Å²) in [6, 6.07) is 16.7. The van der Waals surface area contributed by atoms with E-state index in [0.29, 0.717) is 30.7 Å². The molecular weight excluding hydrogens is 482 g/mol. The Morgan fingerprint density at radius 2 is 1.95 bits per heavy atom. The van der Waals surface area contributed by atoms with E-state index in [-0.39, 0.29) is 25.0 Å². The Kier molecular flexibility index (Phi) is 7.62. The first-order valence-corrected chi connectivity index (χ1v) is 13.1. The Morgan fingerprint density at radius 3 is 2.74 bits per heavy atom. The molecule has 0 bridgehead atoms. The average Bonchev–Trinajstić information content (AvgIpc) is 3.53. The van der Waals surface area contributed by atoms with Crippen molar-refractivity contribution in [3.05, 3.63) is 89.7 Å². The third kappa shape index (κ3) is 4.97. The third-order valence-corrected chi connectivity index (χ3v) is 7.22. The van der Waals surface area contributed by atoms with Crippen LogP contribution in [0.3, 0.4) is 0 Å². The summed E-state index contributed by atoms with van der Waals surface area (Å²) in [6.45, 7) is 2.19. The van der Waals surface area contributed by atoms with Gasteiger partial charge in [0.05, 0.1) is 18.6 Å². The Bertz CT molecular complexity index is 1340. The van der Waals surface area contributed by atoms with Crippen LogP contribution in [0, 0.1) is 0 Å². The third-order valence-electron chi connectivity index (χ3n) is 7.22. The Balaban J connectivity index is 1.49. The second-order valence-corrected chi connectivity index (χ2v) is 9.65. The van der Waals surface area contributed by atoms with E-state index < -0.39 is 24.2 Å². The van der Waals surface area contributed by atoms with Gasteiger partial charge in [-0.15, -0.1) is 0 Å². The van der Waals surface area contributed by atoms with Crippen molar-refractivity contribution in [3.8, 4) is 5.75 Å². The lowest BCUT2D eigenvalue weighted by Gasteiger charge is -2.40. The normalized spacial score (nSPS) is 22.0. The zero-order valence-corrected chi connectivity index (χ0v) is 21.3. The summed E-state index contributed by atoms with van der Waals surface area (Å²) in [5.74, 6) is -0.455. The molecule has 8 heteroatoms. The molecule has 1 aromatic heterocycles. The molecule has 2 heterocycles. The fourth-order valence-electron chi connectivity index (χ4n) is 5.42. The van der Waals surface area contributed by atoms with Crippen molar-refractivity contribution < 1.29 is 24.5 Å². The van der Waals surface area contributed by atoms with E-state index in [1.807, 2.05) is 55.5 Å². The first kappa shape index (κ1) is 25.8. The maximum atomic E-state index is 13.4. The molecule has 4 atom stereocenters. The number of hydrogen-bond acceptors (Lipinski definition) is 5. The minimum Gasteiger partial charge on any atom is -0.486 e. The van der Waals surface area contributed by atoms with Crippen LogP contribution in [0.5, 0.6) is 5.75 Å². The number of carbonyl (C=O) groups excluding carboxylic acids is 2. The maximum absolute atomic E-state index is 13.4. The van der Waals surface area contributed by atoms with Crippen molar-refractivity contribution >= 4 is 22.7 Å². The molecule has 8 nitrogen and oxygen atoms in total. The summed E-state index contributed by atoms with van der Waals surface area (Å²) in [6.07, 6.45) is 4.47. The number of nitrogens with one attached hydrogen (secondary N) is 2. The predicted octanol–water partition coefficient (Wildman–Crippen LogP) is 2.83. The highest BCUT2D eigenvalue weighted by Crippen LogP contribution is 2.47. The number of rotatable bonds is 9. The van der Waals surface area contributed by atoms with Gasteiger partial charge in [-0.1, -0.05) is 49.4 Å². The lowest BCUT2D eigenvalue weighted by Crippen LogP contribution is -2.56. The van der Waals surface area contributed by atoms with Crippen LogP contribution in [0.15, 0.2) is 78.4 Å². The molecule has 0 spiro atoms. The smallest absolute Gasteiger partial charge is 0.247 e. The van der Waals surface area contributed by atoms with Gasteiger partial charge >= 0.3 is 0 Å². The SMILES string of the molecule is CCC=CC(=O)N(CCc1cc2ccccc2[nH]1)[C@@H]1C=C(C(=O)NCCO)[C@@H]2c3ccccc3O[C@@H]2[C@H]1O. The minimum atomic E-state index is -1.05. The Labute approximate surface area is 221 Å². The molecular formula is C30H33N3O5. The molecule has 5 rings (SSSR count). The lowest BCUT2D eigenvalue weighted by molar-refractivity contribution is -0.132. The fraction of sp³-hybridized carbons (Fsp3) is 0.333. The van der Waals surface area contributed by atoms with Crippen molar-refractivity contribution in [1.29, 1.82) is 0 Å². The van der Waals surface area contributed by atoms with Crippen LogP contribution in [-0.4, -0.2) is 69.9 Å². The van der Waals surface area contributed by atoms with Crippen molar-refractivity contribution in [2.24, 2.45) is 0 Å². The number of allylic oxidation sites excluding steroid dienone is 1. The molecule has 1 aliphatic heterocycles. The molecule has 0 saturated carbocycles. The van der Waals surface area contributed by atoms with E-state index in [1.54, 1.807) is 17.1 Å². The van der Waals surface area contributed by atoms with Crippen LogP contribution in [0.25, 0.3) is 10.9 Å². The largest absolute Gasteiger partial charge is 0.486 e.